The number of pyridine rings is 1. The maximum absolute atomic E-state index is 12.3. The number of rotatable bonds is 3. The quantitative estimate of drug-likeness (QED) is 0.604. The highest BCUT2D eigenvalue weighted by molar-refractivity contribution is 6.04. The van der Waals surface area contributed by atoms with Gasteiger partial charge in [-0.2, -0.15) is 0 Å². The van der Waals surface area contributed by atoms with Crippen molar-refractivity contribution in [3.63, 3.8) is 0 Å². The summed E-state index contributed by atoms with van der Waals surface area (Å²) in [6.07, 6.45) is 3.45. The Morgan fingerprint density at radius 1 is 1.17 bits per heavy atom. The molecule has 3 heterocycles. The van der Waals surface area contributed by atoms with Crippen LogP contribution in [0.25, 0.3) is 16.6 Å². The van der Waals surface area contributed by atoms with Crippen molar-refractivity contribution in [2.45, 2.75) is 0 Å². The van der Waals surface area contributed by atoms with E-state index in [4.69, 9.17) is 9.52 Å². The lowest BCUT2D eigenvalue weighted by Crippen LogP contribution is -2.12. The van der Waals surface area contributed by atoms with Crippen LogP contribution in [0.15, 0.2) is 59.3 Å². The molecule has 0 saturated carbocycles. The molecule has 0 aliphatic heterocycles. The van der Waals surface area contributed by atoms with E-state index in [9.17, 15) is 9.59 Å². The minimum atomic E-state index is -1.14. The van der Waals surface area contributed by atoms with Gasteiger partial charge in [0, 0.05) is 23.5 Å². The van der Waals surface area contributed by atoms with Crippen LogP contribution in [0.2, 0.25) is 0 Å². The summed E-state index contributed by atoms with van der Waals surface area (Å²) in [5, 5.41) is 12.3. The number of carbonyl (C=O) groups excluding carboxylic acids is 1. The maximum Gasteiger partial charge on any atom is 0.371 e. The molecule has 0 fully saturated rings. The molecular formula is C17H11N3O4. The van der Waals surface area contributed by atoms with Gasteiger partial charge in [-0.05, 0) is 36.4 Å². The van der Waals surface area contributed by atoms with E-state index in [1.807, 2.05) is 24.4 Å². The number of carboxylic acid groups (broad SMARTS) is 1. The zero-order chi connectivity index (χ0) is 16.7. The minimum Gasteiger partial charge on any atom is -0.475 e. The predicted molar refractivity (Wildman–Crippen MR) is 86.3 cm³/mol. The van der Waals surface area contributed by atoms with Crippen molar-refractivity contribution >= 4 is 34.2 Å². The molecule has 1 aromatic carbocycles. The second-order valence-electron chi connectivity index (χ2n) is 5.21. The molecule has 0 atom stereocenters. The largest absolute Gasteiger partial charge is 0.475 e. The summed E-state index contributed by atoms with van der Waals surface area (Å²) in [5.41, 5.74) is 1.94. The first-order valence-electron chi connectivity index (χ1n) is 7.12. The van der Waals surface area contributed by atoms with Crippen LogP contribution in [-0.2, 0) is 0 Å². The molecular weight excluding hydrogens is 310 g/mol. The highest BCUT2D eigenvalue weighted by atomic mass is 16.4. The summed E-state index contributed by atoms with van der Waals surface area (Å²) in [7, 11) is 0. The van der Waals surface area contributed by atoms with Crippen molar-refractivity contribution in [3.05, 3.63) is 66.3 Å². The zero-order valence-electron chi connectivity index (χ0n) is 12.3. The van der Waals surface area contributed by atoms with Gasteiger partial charge in [-0.1, -0.05) is 6.07 Å². The second kappa shape index (κ2) is 5.24. The molecule has 0 spiro atoms. The molecule has 4 aromatic rings. The number of hydrogen-bond donors (Lipinski definition) is 2. The van der Waals surface area contributed by atoms with Gasteiger partial charge >= 0.3 is 5.97 Å². The van der Waals surface area contributed by atoms with Crippen molar-refractivity contribution in [2.75, 3.05) is 5.32 Å². The SMILES string of the molecule is O=C(Nc1ccc2oc(C(=O)O)cc2c1)c1cn2ccccc2n1. The predicted octanol–water partition coefficient (Wildman–Crippen LogP) is 3.03. The van der Waals surface area contributed by atoms with E-state index in [2.05, 4.69) is 10.3 Å². The van der Waals surface area contributed by atoms with Gasteiger partial charge in [0.25, 0.3) is 5.91 Å². The summed E-state index contributed by atoms with van der Waals surface area (Å²) in [6.45, 7) is 0. The van der Waals surface area contributed by atoms with Gasteiger partial charge in [-0.15, -0.1) is 0 Å². The standard InChI is InChI=1S/C17H11N3O4/c21-16(12-9-20-6-2-1-3-15(20)19-12)18-11-4-5-13-10(7-11)8-14(24-13)17(22)23/h1-9H,(H,18,21)(H,22,23). The Kier molecular flexibility index (Phi) is 3.06. The van der Waals surface area contributed by atoms with E-state index in [1.165, 1.54) is 6.07 Å². The number of furan rings is 1. The van der Waals surface area contributed by atoms with E-state index in [1.54, 1.807) is 28.8 Å². The Balaban J connectivity index is 1.62. The lowest BCUT2D eigenvalue weighted by Gasteiger charge is -2.02. The van der Waals surface area contributed by atoms with E-state index in [0.29, 0.717) is 28.0 Å². The number of benzene rings is 1. The highest BCUT2D eigenvalue weighted by Crippen LogP contribution is 2.23. The molecule has 24 heavy (non-hydrogen) atoms. The Morgan fingerprint density at radius 3 is 2.83 bits per heavy atom. The summed E-state index contributed by atoms with van der Waals surface area (Å²) in [5.74, 6) is -1.63. The zero-order valence-corrected chi connectivity index (χ0v) is 12.3. The summed E-state index contributed by atoms with van der Waals surface area (Å²) in [6, 6.07) is 11.8. The molecule has 0 aliphatic carbocycles. The second-order valence-corrected chi connectivity index (χ2v) is 5.21. The van der Waals surface area contributed by atoms with Crippen LogP contribution < -0.4 is 5.32 Å². The number of hydrogen-bond acceptors (Lipinski definition) is 4. The minimum absolute atomic E-state index is 0.145. The summed E-state index contributed by atoms with van der Waals surface area (Å²) < 4.78 is 6.94. The van der Waals surface area contributed by atoms with Crippen molar-refractivity contribution in [3.8, 4) is 0 Å². The number of fused-ring (bicyclic) bond motifs is 2. The van der Waals surface area contributed by atoms with Crippen LogP contribution in [0.4, 0.5) is 5.69 Å². The Bertz CT molecular complexity index is 1060. The molecule has 2 N–H and O–H groups in total. The molecule has 1 amide bonds. The van der Waals surface area contributed by atoms with E-state index in [-0.39, 0.29) is 11.7 Å². The van der Waals surface area contributed by atoms with Gasteiger partial charge in [0.15, 0.2) is 0 Å². The lowest BCUT2D eigenvalue weighted by atomic mass is 10.2. The number of aromatic nitrogens is 2. The third-order valence-electron chi connectivity index (χ3n) is 3.58. The van der Waals surface area contributed by atoms with Gasteiger partial charge in [-0.25, -0.2) is 9.78 Å². The first-order chi connectivity index (χ1) is 11.6. The van der Waals surface area contributed by atoms with E-state index >= 15 is 0 Å². The van der Waals surface area contributed by atoms with Crippen molar-refractivity contribution < 1.29 is 19.1 Å². The third kappa shape index (κ3) is 2.38. The van der Waals surface area contributed by atoms with Crippen LogP contribution >= 0.6 is 0 Å². The molecule has 3 aromatic heterocycles. The molecule has 0 bridgehead atoms. The highest BCUT2D eigenvalue weighted by Gasteiger charge is 2.13. The molecule has 7 nitrogen and oxygen atoms in total. The fraction of sp³-hybridized carbons (Fsp3) is 0. The topological polar surface area (TPSA) is 96.8 Å². The normalized spacial score (nSPS) is 11.0. The lowest BCUT2D eigenvalue weighted by molar-refractivity contribution is 0.0665. The van der Waals surface area contributed by atoms with Crippen LogP contribution in [0.1, 0.15) is 21.0 Å². The van der Waals surface area contributed by atoms with Crippen LogP contribution in [-0.4, -0.2) is 26.4 Å². The number of carbonyl (C=O) groups is 2. The van der Waals surface area contributed by atoms with E-state index in [0.717, 1.165) is 0 Å². The Labute approximate surface area is 135 Å². The van der Waals surface area contributed by atoms with Crippen molar-refractivity contribution in [1.82, 2.24) is 9.38 Å². The van der Waals surface area contributed by atoms with Gasteiger partial charge < -0.3 is 19.2 Å². The number of amides is 1. The summed E-state index contributed by atoms with van der Waals surface area (Å²) in [4.78, 5) is 27.5. The Hall–Kier alpha value is -3.61. The Morgan fingerprint density at radius 2 is 2.04 bits per heavy atom. The molecule has 0 unspecified atom stereocenters. The van der Waals surface area contributed by atoms with Crippen LogP contribution in [0.3, 0.4) is 0 Å². The number of carboxylic acids is 1. The van der Waals surface area contributed by atoms with Crippen molar-refractivity contribution in [2.24, 2.45) is 0 Å². The number of anilines is 1. The third-order valence-corrected chi connectivity index (χ3v) is 3.58. The number of nitrogens with one attached hydrogen (secondary N) is 1. The smallest absolute Gasteiger partial charge is 0.371 e. The average molecular weight is 321 g/mol. The molecule has 0 saturated heterocycles. The van der Waals surface area contributed by atoms with Gasteiger partial charge in [0.2, 0.25) is 5.76 Å². The number of aromatic carboxylic acids is 1. The monoisotopic (exact) mass is 321 g/mol. The van der Waals surface area contributed by atoms with E-state index < -0.39 is 5.97 Å². The first-order valence-corrected chi connectivity index (χ1v) is 7.12. The van der Waals surface area contributed by atoms with Crippen molar-refractivity contribution in [1.29, 1.82) is 0 Å². The fourth-order valence-corrected chi connectivity index (χ4v) is 2.47. The fourth-order valence-electron chi connectivity index (χ4n) is 2.47. The molecule has 0 aliphatic rings. The van der Waals surface area contributed by atoms with Gasteiger partial charge in [0.1, 0.15) is 16.9 Å². The van der Waals surface area contributed by atoms with Crippen LogP contribution in [0, 0.1) is 0 Å². The van der Waals surface area contributed by atoms with Gasteiger partial charge in [0.05, 0.1) is 0 Å². The molecule has 118 valence electrons. The molecule has 7 heteroatoms. The molecule has 0 radical (unpaired) electrons. The number of nitrogens with zero attached hydrogens (tertiary/aromatic N) is 2. The van der Waals surface area contributed by atoms with Crippen LogP contribution in [0.5, 0.6) is 0 Å². The average Bonchev–Trinajstić information content (AvgIpc) is 3.18. The van der Waals surface area contributed by atoms with Gasteiger partial charge in [-0.3, -0.25) is 4.79 Å². The molecule has 4 rings (SSSR count). The maximum atomic E-state index is 12.3. The number of imidazole rings is 1. The summed E-state index contributed by atoms with van der Waals surface area (Å²) >= 11 is 0. The first kappa shape index (κ1) is 14.0.